The Morgan fingerprint density at radius 2 is 2.12 bits per heavy atom. The second-order valence-corrected chi connectivity index (χ2v) is 3.22. The normalized spacial score (nSPS) is 11.0. The third-order valence-corrected chi connectivity index (χ3v) is 2.15. The number of hydrogen-bond donors (Lipinski definition) is 1. The molecule has 92 valence electrons. The van der Waals surface area contributed by atoms with Crippen molar-refractivity contribution in [2.45, 2.75) is 18.7 Å². The maximum atomic E-state index is 12.1. The molecule has 0 atom stereocenters. The lowest BCUT2D eigenvalue weighted by atomic mass is 10.1. The summed E-state index contributed by atoms with van der Waals surface area (Å²) in [7, 11) is 0. The van der Waals surface area contributed by atoms with Gasteiger partial charge in [-0.05, 0) is 0 Å². The van der Waals surface area contributed by atoms with Gasteiger partial charge in [0.2, 0.25) is 0 Å². The summed E-state index contributed by atoms with van der Waals surface area (Å²) in [4.78, 5) is 13.4. The van der Waals surface area contributed by atoms with Crippen LogP contribution in [0.5, 0.6) is 5.75 Å². The number of rotatable bonds is 3. The molecule has 0 saturated carbocycles. The summed E-state index contributed by atoms with van der Waals surface area (Å²) in [5.74, 6) is -0.954. The maximum absolute atomic E-state index is 12.1. The molecule has 0 aromatic carbocycles. The Balaban J connectivity index is 3.29. The number of aromatic nitrogens is 1. The van der Waals surface area contributed by atoms with E-state index in [2.05, 4.69) is 9.72 Å². The molecule has 1 N–H and O–H groups in total. The van der Waals surface area contributed by atoms with Gasteiger partial charge in [-0.3, -0.25) is 4.79 Å². The predicted octanol–water partition coefficient (Wildman–Crippen LogP) is 2.08. The third-order valence-electron chi connectivity index (χ3n) is 1.89. The van der Waals surface area contributed by atoms with E-state index in [0.717, 1.165) is 6.20 Å². The number of pyridine rings is 1. The third kappa shape index (κ3) is 3.39. The highest BCUT2D eigenvalue weighted by Gasteiger charge is 2.32. The van der Waals surface area contributed by atoms with Crippen molar-refractivity contribution in [2.75, 3.05) is 0 Å². The van der Waals surface area contributed by atoms with Crippen molar-refractivity contribution >= 4 is 11.6 Å². The molecule has 0 aliphatic rings. The Morgan fingerprint density at radius 3 is 2.59 bits per heavy atom. The van der Waals surface area contributed by atoms with E-state index in [9.17, 15) is 18.0 Å². The number of nitrogens with one attached hydrogen (secondary N) is 1. The minimum atomic E-state index is -4.89. The van der Waals surface area contributed by atoms with Crippen LogP contribution >= 0.6 is 11.6 Å². The van der Waals surface area contributed by atoms with Crippen molar-refractivity contribution < 1.29 is 17.9 Å². The standard InChI is InChI=1S/C9H6ClF3N2O2/c10-3-6-5(1-2-14)8(16)15-4-7(6)17-9(11,12)13/h4H,1,3H2,(H,15,16). The molecule has 0 fully saturated rings. The number of nitriles is 1. The van der Waals surface area contributed by atoms with Crippen LogP contribution in [0.25, 0.3) is 0 Å². The number of halogens is 4. The molecule has 0 aliphatic carbocycles. The first kappa shape index (κ1) is 13.4. The van der Waals surface area contributed by atoms with E-state index < -0.39 is 17.7 Å². The number of H-pyrrole nitrogens is 1. The summed E-state index contributed by atoms with van der Waals surface area (Å²) in [6, 6.07) is 1.67. The van der Waals surface area contributed by atoms with Crippen molar-refractivity contribution in [3.8, 4) is 11.8 Å². The van der Waals surface area contributed by atoms with Crippen LogP contribution in [0.1, 0.15) is 11.1 Å². The number of aromatic amines is 1. The first-order valence-electron chi connectivity index (χ1n) is 4.31. The van der Waals surface area contributed by atoms with Crippen molar-refractivity contribution in [1.82, 2.24) is 4.98 Å². The van der Waals surface area contributed by atoms with Crippen molar-refractivity contribution in [3.63, 3.8) is 0 Å². The van der Waals surface area contributed by atoms with Gasteiger partial charge in [-0.15, -0.1) is 24.8 Å². The lowest BCUT2D eigenvalue weighted by molar-refractivity contribution is -0.275. The lowest BCUT2D eigenvalue weighted by Crippen LogP contribution is -2.22. The lowest BCUT2D eigenvalue weighted by Gasteiger charge is -2.13. The Morgan fingerprint density at radius 1 is 1.47 bits per heavy atom. The molecule has 1 heterocycles. The zero-order valence-electron chi connectivity index (χ0n) is 8.27. The molecule has 0 bridgehead atoms. The molecule has 0 aliphatic heterocycles. The zero-order chi connectivity index (χ0) is 13.1. The van der Waals surface area contributed by atoms with Gasteiger partial charge in [0.15, 0.2) is 0 Å². The molecule has 1 rings (SSSR count). The smallest absolute Gasteiger partial charge is 0.404 e. The number of nitrogens with zero attached hydrogens (tertiary/aromatic N) is 1. The summed E-state index contributed by atoms with van der Waals surface area (Å²) >= 11 is 5.46. The van der Waals surface area contributed by atoms with E-state index >= 15 is 0 Å². The summed E-state index contributed by atoms with van der Waals surface area (Å²) < 4.78 is 39.9. The van der Waals surface area contributed by atoms with Crippen LogP contribution in [0, 0.1) is 11.3 Å². The molecule has 4 nitrogen and oxygen atoms in total. The van der Waals surface area contributed by atoms with Gasteiger partial charge in [0.1, 0.15) is 5.75 Å². The Kier molecular flexibility index (Phi) is 4.02. The average Bonchev–Trinajstić information content (AvgIpc) is 2.21. The summed E-state index contributed by atoms with van der Waals surface area (Å²) in [6.45, 7) is 0. The fraction of sp³-hybridized carbons (Fsp3) is 0.333. The highest BCUT2D eigenvalue weighted by Crippen LogP contribution is 2.27. The summed E-state index contributed by atoms with van der Waals surface area (Å²) in [5.41, 5.74) is -0.907. The van der Waals surface area contributed by atoms with Crippen LogP contribution in [0.4, 0.5) is 13.2 Å². The molecule has 0 spiro atoms. The van der Waals surface area contributed by atoms with E-state index in [1.165, 1.54) is 0 Å². The summed E-state index contributed by atoms with van der Waals surface area (Å²) in [5, 5.41) is 8.48. The van der Waals surface area contributed by atoms with Gasteiger partial charge in [0.25, 0.3) is 5.56 Å². The van der Waals surface area contributed by atoms with Crippen molar-refractivity contribution in [1.29, 1.82) is 5.26 Å². The fourth-order valence-corrected chi connectivity index (χ4v) is 1.51. The van der Waals surface area contributed by atoms with Crippen molar-refractivity contribution in [3.05, 3.63) is 27.7 Å². The minimum Gasteiger partial charge on any atom is -0.404 e. The molecular formula is C9H6ClF3N2O2. The van der Waals surface area contributed by atoms with E-state index in [0.29, 0.717) is 0 Å². The molecular weight excluding hydrogens is 261 g/mol. The van der Waals surface area contributed by atoms with E-state index in [1.54, 1.807) is 6.07 Å². The Bertz CT molecular complexity index is 504. The highest BCUT2D eigenvalue weighted by atomic mass is 35.5. The molecule has 1 aromatic heterocycles. The van der Waals surface area contributed by atoms with Crippen LogP contribution in [0.3, 0.4) is 0 Å². The van der Waals surface area contributed by atoms with Crippen molar-refractivity contribution in [2.24, 2.45) is 0 Å². The Labute approximate surface area is 98.6 Å². The summed E-state index contributed by atoms with van der Waals surface area (Å²) in [6.07, 6.45) is -4.45. The van der Waals surface area contributed by atoms with Crippen LogP contribution in [-0.4, -0.2) is 11.3 Å². The zero-order valence-corrected chi connectivity index (χ0v) is 9.02. The van der Waals surface area contributed by atoms with E-state index in [4.69, 9.17) is 16.9 Å². The van der Waals surface area contributed by atoms with Gasteiger partial charge in [-0.1, -0.05) is 0 Å². The monoisotopic (exact) mass is 266 g/mol. The second kappa shape index (κ2) is 5.10. The molecule has 0 saturated heterocycles. The first-order chi connectivity index (χ1) is 7.89. The topological polar surface area (TPSA) is 65.9 Å². The molecule has 1 aromatic rings. The molecule has 0 radical (unpaired) electrons. The Hall–Kier alpha value is -1.68. The second-order valence-electron chi connectivity index (χ2n) is 2.96. The van der Waals surface area contributed by atoms with Crippen LogP contribution < -0.4 is 10.3 Å². The largest absolute Gasteiger partial charge is 0.573 e. The van der Waals surface area contributed by atoms with Gasteiger partial charge < -0.3 is 9.72 Å². The molecule has 17 heavy (non-hydrogen) atoms. The first-order valence-corrected chi connectivity index (χ1v) is 4.84. The number of hydrogen-bond acceptors (Lipinski definition) is 3. The maximum Gasteiger partial charge on any atom is 0.573 e. The quantitative estimate of drug-likeness (QED) is 0.852. The number of alkyl halides is 4. The molecule has 0 amide bonds. The van der Waals surface area contributed by atoms with E-state index in [-0.39, 0.29) is 23.4 Å². The highest BCUT2D eigenvalue weighted by molar-refractivity contribution is 6.17. The van der Waals surface area contributed by atoms with Gasteiger partial charge in [-0.2, -0.15) is 5.26 Å². The molecule has 0 unspecified atom stereocenters. The van der Waals surface area contributed by atoms with Gasteiger partial charge >= 0.3 is 6.36 Å². The predicted molar refractivity (Wildman–Crippen MR) is 52.6 cm³/mol. The van der Waals surface area contributed by atoms with Gasteiger partial charge in [-0.25, -0.2) is 0 Å². The average molecular weight is 267 g/mol. The van der Waals surface area contributed by atoms with Gasteiger partial charge in [0.05, 0.1) is 18.4 Å². The molecule has 8 heteroatoms. The van der Waals surface area contributed by atoms with Crippen LogP contribution in [-0.2, 0) is 12.3 Å². The van der Waals surface area contributed by atoms with Crippen LogP contribution in [0.15, 0.2) is 11.0 Å². The van der Waals surface area contributed by atoms with E-state index in [1.807, 2.05) is 0 Å². The van der Waals surface area contributed by atoms with Crippen LogP contribution in [0.2, 0.25) is 0 Å². The van der Waals surface area contributed by atoms with Gasteiger partial charge in [0, 0.05) is 17.3 Å². The fourth-order valence-electron chi connectivity index (χ4n) is 1.22. The SMILES string of the molecule is N#CCc1c(CCl)c(OC(F)(F)F)c[nH]c1=O. The minimum absolute atomic E-state index is 0.121. The number of ether oxygens (including phenoxy) is 1.